The SMILES string of the molecule is COc1cccc(C(O)CN(Cc2ccccc2)S(=O)(=O)c2cnn(C(C)C)c2)c1. The van der Waals surface area contributed by atoms with E-state index >= 15 is 0 Å². The van der Waals surface area contributed by atoms with Gasteiger partial charge in [0.1, 0.15) is 10.6 Å². The fourth-order valence-electron chi connectivity index (χ4n) is 3.07. The maximum absolute atomic E-state index is 13.4. The van der Waals surface area contributed by atoms with E-state index in [1.54, 1.807) is 36.1 Å². The molecule has 0 aliphatic carbocycles. The summed E-state index contributed by atoms with van der Waals surface area (Å²) in [7, 11) is -2.33. The second kappa shape index (κ2) is 9.42. The van der Waals surface area contributed by atoms with Crippen LogP contribution in [-0.4, -0.2) is 41.3 Å². The maximum Gasteiger partial charge on any atom is 0.246 e. The number of rotatable bonds is 9. The topological polar surface area (TPSA) is 84.7 Å². The molecule has 0 fully saturated rings. The Morgan fingerprint density at radius 3 is 2.50 bits per heavy atom. The van der Waals surface area contributed by atoms with E-state index in [-0.39, 0.29) is 24.0 Å². The zero-order valence-corrected chi connectivity index (χ0v) is 18.2. The lowest BCUT2D eigenvalue weighted by Crippen LogP contribution is -2.34. The molecule has 3 aromatic rings. The van der Waals surface area contributed by atoms with Gasteiger partial charge in [-0.3, -0.25) is 4.68 Å². The summed E-state index contributed by atoms with van der Waals surface area (Å²) in [6, 6.07) is 16.3. The van der Waals surface area contributed by atoms with Crippen LogP contribution < -0.4 is 4.74 Å². The Morgan fingerprint density at radius 1 is 1.13 bits per heavy atom. The average molecular weight is 430 g/mol. The van der Waals surface area contributed by atoms with E-state index in [1.807, 2.05) is 44.2 Å². The Kier molecular flexibility index (Phi) is 6.91. The first kappa shape index (κ1) is 22.0. The highest BCUT2D eigenvalue weighted by Crippen LogP contribution is 2.25. The van der Waals surface area contributed by atoms with Gasteiger partial charge in [0.15, 0.2) is 0 Å². The molecule has 0 bridgehead atoms. The van der Waals surface area contributed by atoms with E-state index in [1.165, 1.54) is 16.7 Å². The van der Waals surface area contributed by atoms with E-state index in [9.17, 15) is 13.5 Å². The number of aliphatic hydroxyl groups excluding tert-OH is 1. The second-order valence-corrected chi connectivity index (χ2v) is 9.26. The first-order valence-corrected chi connectivity index (χ1v) is 11.2. The molecule has 1 N–H and O–H groups in total. The molecule has 3 rings (SSSR count). The number of ether oxygens (including phenoxy) is 1. The van der Waals surface area contributed by atoms with E-state index < -0.39 is 16.1 Å². The molecule has 0 saturated carbocycles. The molecular weight excluding hydrogens is 402 g/mol. The minimum Gasteiger partial charge on any atom is -0.497 e. The Morgan fingerprint density at radius 2 is 1.87 bits per heavy atom. The van der Waals surface area contributed by atoms with Crippen molar-refractivity contribution < 1.29 is 18.3 Å². The number of hydrogen-bond acceptors (Lipinski definition) is 5. The number of sulfonamides is 1. The molecule has 0 saturated heterocycles. The lowest BCUT2D eigenvalue weighted by Gasteiger charge is -2.24. The zero-order valence-electron chi connectivity index (χ0n) is 17.3. The van der Waals surface area contributed by atoms with Crippen molar-refractivity contribution in [1.29, 1.82) is 0 Å². The Labute approximate surface area is 177 Å². The van der Waals surface area contributed by atoms with E-state index in [0.717, 1.165) is 5.56 Å². The lowest BCUT2D eigenvalue weighted by atomic mass is 10.1. The highest BCUT2D eigenvalue weighted by molar-refractivity contribution is 7.89. The summed E-state index contributed by atoms with van der Waals surface area (Å²) >= 11 is 0. The minimum atomic E-state index is -3.87. The molecule has 30 heavy (non-hydrogen) atoms. The van der Waals surface area contributed by atoms with Crippen LogP contribution in [0.25, 0.3) is 0 Å². The van der Waals surface area contributed by atoms with Crippen LogP contribution in [0.15, 0.2) is 71.9 Å². The number of aromatic nitrogens is 2. The predicted octanol–water partition coefficient (Wildman–Crippen LogP) is 3.40. The monoisotopic (exact) mass is 429 g/mol. The summed E-state index contributed by atoms with van der Waals surface area (Å²) in [6.45, 7) is 3.89. The minimum absolute atomic E-state index is 0.0406. The van der Waals surface area contributed by atoms with Crippen LogP contribution in [-0.2, 0) is 16.6 Å². The number of hydrogen-bond donors (Lipinski definition) is 1. The number of methoxy groups -OCH3 is 1. The van der Waals surface area contributed by atoms with Crippen molar-refractivity contribution in [3.63, 3.8) is 0 Å². The smallest absolute Gasteiger partial charge is 0.246 e. The molecule has 8 heteroatoms. The van der Waals surface area contributed by atoms with Gasteiger partial charge in [0.05, 0.1) is 19.4 Å². The molecule has 0 aliphatic rings. The van der Waals surface area contributed by atoms with Gasteiger partial charge in [-0.1, -0.05) is 42.5 Å². The average Bonchev–Trinajstić information content (AvgIpc) is 3.25. The molecule has 1 unspecified atom stereocenters. The van der Waals surface area contributed by atoms with Crippen molar-refractivity contribution in [2.24, 2.45) is 0 Å². The fourth-order valence-corrected chi connectivity index (χ4v) is 4.44. The van der Waals surface area contributed by atoms with Crippen LogP contribution in [0.4, 0.5) is 0 Å². The number of benzene rings is 2. The third-order valence-corrected chi connectivity index (χ3v) is 6.57. The number of aliphatic hydroxyl groups is 1. The van der Waals surface area contributed by atoms with Crippen molar-refractivity contribution in [2.45, 2.75) is 37.4 Å². The third kappa shape index (κ3) is 5.08. The first-order valence-electron chi connectivity index (χ1n) is 9.71. The van der Waals surface area contributed by atoms with Gasteiger partial charge in [-0.25, -0.2) is 8.42 Å². The predicted molar refractivity (Wildman–Crippen MR) is 115 cm³/mol. The van der Waals surface area contributed by atoms with E-state index in [0.29, 0.717) is 11.3 Å². The summed E-state index contributed by atoms with van der Waals surface area (Å²) in [5.41, 5.74) is 1.41. The molecule has 1 atom stereocenters. The quantitative estimate of drug-likeness (QED) is 0.564. The van der Waals surface area contributed by atoms with Gasteiger partial charge >= 0.3 is 0 Å². The molecule has 0 spiro atoms. The van der Waals surface area contributed by atoms with Crippen LogP contribution in [0, 0.1) is 0 Å². The highest BCUT2D eigenvalue weighted by Gasteiger charge is 2.29. The Hall–Kier alpha value is -2.68. The van der Waals surface area contributed by atoms with Gasteiger partial charge in [-0.15, -0.1) is 0 Å². The zero-order chi connectivity index (χ0) is 21.7. The standard InChI is InChI=1S/C22H27N3O4S/c1-17(2)25-15-21(13-23-25)30(27,28)24(14-18-8-5-4-6-9-18)16-22(26)19-10-7-11-20(12-19)29-3/h4-13,15,17,22,26H,14,16H2,1-3H3. The van der Waals surface area contributed by atoms with Crippen LogP contribution in [0.1, 0.15) is 37.1 Å². The van der Waals surface area contributed by atoms with Gasteiger partial charge < -0.3 is 9.84 Å². The van der Waals surface area contributed by atoms with Gasteiger partial charge in [-0.05, 0) is 37.1 Å². The van der Waals surface area contributed by atoms with Crippen LogP contribution in [0.3, 0.4) is 0 Å². The summed E-state index contributed by atoms with van der Waals surface area (Å²) in [6.07, 6.45) is 1.86. The fraction of sp³-hybridized carbons (Fsp3) is 0.318. The molecule has 1 heterocycles. The van der Waals surface area contributed by atoms with Crippen molar-refractivity contribution in [2.75, 3.05) is 13.7 Å². The van der Waals surface area contributed by atoms with Crippen molar-refractivity contribution in [3.8, 4) is 5.75 Å². The number of nitrogens with zero attached hydrogens (tertiary/aromatic N) is 3. The largest absolute Gasteiger partial charge is 0.497 e. The van der Waals surface area contributed by atoms with Crippen molar-refractivity contribution >= 4 is 10.0 Å². The highest BCUT2D eigenvalue weighted by atomic mass is 32.2. The van der Waals surface area contributed by atoms with E-state index in [4.69, 9.17) is 4.74 Å². The lowest BCUT2D eigenvalue weighted by molar-refractivity contribution is 0.145. The Bertz CT molecular complexity index is 1060. The van der Waals surface area contributed by atoms with Gasteiger partial charge in [-0.2, -0.15) is 9.40 Å². The van der Waals surface area contributed by atoms with E-state index in [2.05, 4.69) is 5.10 Å². The summed E-state index contributed by atoms with van der Waals surface area (Å²) < 4.78 is 34.9. The van der Waals surface area contributed by atoms with Crippen LogP contribution in [0.5, 0.6) is 5.75 Å². The second-order valence-electron chi connectivity index (χ2n) is 7.33. The van der Waals surface area contributed by atoms with Crippen molar-refractivity contribution in [3.05, 3.63) is 78.1 Å². The van der Waals surface area contributed by atoms with Gasteiger partial charge in [0.2, 0.25) is 10.0 Å². The molecule has 0 amide bonds. The molecule has 0 radical (unpaired) electrons. The van der Waals surface area contributed by atoms with Crippen LogP contribution in [0.2, 0.25) is 0 Å². The normalized spacial score (nSPS) is 13.0. The molecule has 7 nitrogen and oxygen atoms in total. The van der Waals surface area contributed by atoms with Crippen molar-refractivity contribution in [1.82, 2.24) is 14.1 Å². The van der Waals surface area contributed by atoms with Crippen LogP contribution >= 0.6 is 0 Å². The molecule has 0 aliphatic heterocycles. The van der Waals surface area contributed by atoms with Gasteiger partial charge in [0, 0.05) is 25.3 Å². The maximum atomic E-state index is 13.4. The molecule has 1 aromatic heterocycles. The third-order valence-electron chi connectivity index (χ3n) is 4.80. The first-order chi connectivity index (χ1) is 14.3. The van der Waals surface area contributed by atoms with Gasteiger partial charge in [0.25, 0.3) is 0 Å². The molecule has 160 valence electrons. The molecule has 2 aromatic carbocycles. The summed E-state index contributed by atoms with van der Waals surface area (Å²) in [5.74, 6) is 0.599. The summed E-state index contributed by atoms with van der Waals surface area (Å²) in [5, 5.41) is 15.0. The Balaban J connectivity index is 1.92. The molecular formula is C22H27N3O4S. The summed E-state index contributed by atoms with van der Waals surface area (Å²) in [4.78, 5) is 0.102.